The van der Waals surface area contributed by atoms with Gasteiger partial charge in [-0.1, -0.05) is 0 Å². The maximum Gasteiger partial charge on any atom is 0.379 e. The summed E-state index contributed by atoms with van der Waals surface area (Å²) in [6, 6.07) is 3.10. The fourth-order valence-corrected chi connectivity index (χ4v) is 1.96. The number of ketones is 1. The van der Waals surface area contributed by atoms with E-state index in [0.29, 0.717) is 10.2 Å². The Balaban J connectivity index is 3.23. The monoisotopic (exact) mass is 316 g/mol. The maximum atomic E-state index is 11.9. The molecule has 1 rings (SSSR count). The number of rotatable bonds is 5. The van der Waals surface area contributed by atoms with Crippen molar-refractivity contribution in [3.05, 3.63) is 22.2 Å². The van der Waals surface area contributed by atoms with Gasteiger partial charge in [0, 0.05) is 10.5 Å². The Bertz CT molecular complexity index is 470. The van der Waals surface area contributed by atoms with Gasteiger partial charge in [-0.25, -0.2) is 4.79 Å². The molecule has 5 nitrogen and oxygen atoms in total. The molecule has 0 aromatic heterocycles. The highest BCUT2D eigenvalue weighted by Gasteiger charge is 2.25. The molecule has 18 heavy (non-hydrogen) atoms. The molecule has 0 aliphatic heterocycles. The molecule has 0 saturated heterocycles. The highest BCUT2D eigenvalue weighted by atomic mass is 79.9. The van der Waals surface area contributed by atoms with Crippen LogP contribution in [0.2, 0.25) is 0 Å². The van der Waals surface area contributed by atoms with Gasteiger partial charge in [0.05, 0.1) is 26.4 Å². The van der Waals surface area contributed by atoms with E-state index >= 15 is 0 Å². The molecule has 6 heteroatoms. The summed E-state index contributed by atoms with van der Waals surface area (Å²) in [6.07, 6.45) is 0. The van der Waals surface area contributed by atoms with Gasteiger partial charge in [0.1, 0.15) is 11.5 Å². The van der Waals surface area contributed by atoms with Crippen LogP contribution in [-0.2, 0) is 9.53 Å². The molecule has 0 fully saturated rings. The van der Waals surface area contributed by atoms with Gasteiger partial charge in [0.25, 0.3) is 5.78 Å². The summed E-state index contributed by atoms with van der Waals surface area (Å²) in [7, 11) is 2.90. The first kappa shape index (κ1) is 14.5. The van der Waals surface area contributed by atoms with Crippen molar-refractivity contribution in [2.75, 3.05) is 20.8 Å². The zero-order valence-corrected chi connectivity index (χ0v) is 11.9. The summed E-state index contributed by atoms with van der Waals surface area (Å²) in [6.45, 7) is 1.77. The molecule has 0 aliphatic carbocycles. The summed E-state index contributed by atoms with van der Waals surface area (Å²) in [5, 5.41) is 0. The lowest BCUT2D eigenvalue weighted by Gasteiger charge is -2.11. The Hall–Kier alpha value is -1.56. The summed E-state index contributed by atoms with van der Waals surface area (Å²) in [4.78, 5) is 23.3. The molecule has 0 amide bonds. The zero-order valence-electron chi connectivity index (χ0n) is 10.3. The van der Waals surface area contributed by atoms with Crippen LogP contribution >= 0.6 is 15.9 Å². The molecule has 0 aliphatic rings. The number of benzene rings is 1. The van der Waals surface area contributed by atoms with Crippen LogP contribution in [-0.4, -0.2) is 32.6 Å². The Morgan fingerprint density at radius 1 is 1.22 bits per heavy atom. The molecule has 0 radical (unpaired) electrons. The van der Waals surface area contributed by atoms with E-state index in [1.807, 2.05) is 0 Å². The summed E-state index contributed by atoms with van der Waals surface area (Å²) < 4.78 is 15.2. The van der Waals surface area contributed by atoms with Crippen LogP contribution in [0.15, 0.2) is 16.6 Å². The number of hydrogen-bond acceptors (Lipinski definition) is 5. The minimum atomic E-state index is -0.915. The second-order valence-corrected chi connectivity index (χ2v) is 4.09. The minimum absolute atomic E-state index is 0.122. The third-order valence-electron chi connectivity index (χ3n) is 2.17. The summed E-state index contributed by atoms with van der Waals surface area (Å²) >= 11 is 3.21. The lowest BCUT2D eigenvalue weighted by Crippen LogP contribution is -2.18. The van der Waals surface area contributed by atoms with Crippen LogP contribution in [0.3, 0.4) is 0 Å². The van der Waals surface area contributed by atoms with Crippen LogP contribution in [0.25, 0.3) is 0 Å². The van der Waals surface area contributed by atoms with Crippen molar-refractivity contribution in [3.63, 3.8) is 0 Å². The van der Waals surface area contributed by atoms with E-state index in [9.17, 15) is 9.59 Å². The molecule has 0 unspecified atom stereocenters. The third kappa shape index (κ3) is 3.01. The fourth-order valence-electron chi connectivity index (χ4n) is 1.36. The van der Waals surface area contributed by atoms with E-state index in [2.05, 4.69) is 20.7 Å². The highest BCUT2D eigenvalue weighted by Crippen LogP contribution is 2.32. The van der Waals surface area contributed by atoms with Crippen molar-refractivity contribution in [3.8, 4) is 11.5 Å². The number of ether oxygens (including phenoxy) is 3. The largest absolute Gasteiger partial charge is 0.497 e. The van der Waals surface area contributed by atoms with Gasteiger partial charge >= 0.3 is 5.97 Å². The van der Waals surface area contributed by atoms with Crippen LogP contribution in [0, 0.1) is 0 Å². The van der Waals surface area contributed by atoms with Crippen LogP contribution in [0.5, 0.6) is 11.5 Å². The second-order valence-electron chi connectivity index (χ2n) is 3.24. The summed E-state index contributed by atoms with van der Waals surface area (Å²) in [5.41, 5.74) is 0.122. The number of carbonyl (C=O) groups is 2. The van der Waals surface area contributed by atoms with E-state index in [1.54, 1.807) is 13.0 Å². The number of Topliss-reactive ketones (excluding diaryl/α,β-unsaturated/α-hetero) is 1. The van der Waals surface area contributed by atoms with E-state index in [1.165, 1.54) is 20.3 Å². The van der Waals surface area contributed by atoms with Gasteiger partial charge < -0.3 is 14.2 Å². The minimum Gasteiger partial charge on any atom is -0.497 e. The molecule has 0 N–H and O–H groups in total. The predicted molar refractivity (Wildman–Crippen MR) is 68.2 cm³/mol. The van der Waals surface area contributed by atoms with Gasteiger partial charge in [-0.2, -0.15) is 0 Å². The summed E-state index contributed by atoms with van der Waals surface area (Å²) in [5.74, 6) is -0.914. The fraction of sp³-hybridized carbons (Fsp3) is 0.333. The van der Waals surface area contributed by atoms with Crippen molar-refractivity contribution in [2.45, 2.75) is 6.92 Å². The Labute approximate surface area is 113 Å². The molecule has 1 aromatic rings. The lowest BCUT2D eigenvalue weighted by molar-refractivity contribution is -0.137. The van der Waals surface area contributed by atoms with Gasteiger partial charge in [-0.15, -0.1) is 0 Å². The van der Waals surface area contributed by atoms with Crippen LogP contribution < -0.4 is 9.47 Å². The Morgan fingerprint density at radius 3 is 2.39 bits per heavy atom. The normalized spacial score (nSPS) is 9.78. The van der Waals surface area contributed by atoms with Crippen molar-refractivity contribution in [1.29, 1.82) is 0 Å². The molecule has 0 saturated carbocycles. The quantitative estimate of drug-likeness (QED) is 0.473. The average Bonchev–Trinajstić information content (AvgIpc) is 2.37. The van der Waals surface area contributed by atoms with Crippen molar-refractivity contribution >= 4 is 27.7 Å². The Morgan fingerprint density at radius 2 is 1.89 bits per heavy atom. The number of hydrogen-bond donors (Lipinski definition) is 0. The second kappa shape index (κ2) is 6.39. The number of carbonyl (C=O) groups excluding carboxylic acids is 2. The molecular formula is C12H13BrO5. The van der Waals surface area contributed by atoms with E-state index in [-0.39, 0.29) is 17.9 Å². The van der Waals surface area contributed by atoms with E-state index < -0.39 is 11.8 Å². The first-order valence-corrected chi connectivity index (χ1v) is 5.97. The molecule has 0 heterocycles. The smallest absolute Gasteiger partial charge is 0.379 e. The van der Waals surface area contributed by atoms with Crippen LogP contribution in [0.1, 0.15) is 17.3 Å². The van der Waals surface area contributed by atoms with E-state index in [4.69, 9.17) is 9.47 Å². The number of halogens is 1. The first-order valence-electron chi connectivity index (χ1n) is 5.18. The van der Waals surface area contributed by atoms with Crippen molar-refractivity contribution < 1.29 is 23.8 Å². The average molecular weight is 317 g/mol. The molecule has 98 valence electrons. The molecular weight excluding hydrogens is 304 g/mol. The molecule has 1 aromatic carbocycles. The zero-order chi connectivity index (χ0) is 13.7. The Kier molecular flexibility index (Phi) is 5.15. The standard InChI is InChI=1S/C12H13BrO5/c1-4-18-12(15)11(14)10-8(13)5-7(16-2)6-9(10)17-3/h5-6H,4H2,1-3H3. The molecule has 0 atom stereocenters. The molecule has 0 spiro atoms. The van der Waals surface area contributed by atoms with Crippen molar-refractivity contribution in [1.82, 2.24) is 0 Å². The number of methoxy groups -OCH3 is 2. The molecule has 0 bridgehead atoms. The van der Waals surface area contributed by atoms with Gasteiger partial charge in [0.2, 0.25) is 0 Å². The predicted octanol–water partition coefficient (Wildman–Crippen LogP) is 2.21. The maximum absolute atomic E-state index is 11.9. The van der Waals surface area contributed by atoms with Crippen LogP contribution in [0.4, 0.5) is 0 Å². The third-order valence-corrected chi connectivity index (χ3v) is 2.80. The van der Waals surface area contributed by atoms with Gasteiger partial charge in [0.15, 0.2) is 0 Å². The first-order chi connectivity index (χ1) is 8.54. The topological polar surface area (TPSA) is 61.8 Å². The highest BCUT2D eigenvalue weighted by molar-refractivity contribution is 9.10. The lowest BCUT2D eigenvalue weighted by atomic mass is 10.1. The van der Waals surface area contributed by atoms with Gasteiger partial charge in [-0.3, -0.25) is 4.79 Å². The van der Waals surface area contributed by atoms with Gasteiger partial charge in [-0.05, 0) is 28.9 Å². The van der Waals surface area contributed by atoms with E-state index in [0.717, 1.165) is 0 Å². The van der Waals surface area contributed by atoms with Crippen molar-refractivity contribution in [2.24, 2.45) is 0 Å². The SMILES string of the molecule is CCOC(=O)C(=O)c1c(Br)cc(OC)cc1OC. The number of esters is 1.